The van der Waals surface area contributed by atoms with Crippen LogP contribution in [0.25, 0.3) is 0 Å². The van der Waals surface area contributed by atoms with Gasteiger partial charge in [0.05, 0.1) is 22.2 Å². The van der Waals surface area contributed by atoms with Gasteiger partial charge in [-0.15, -0.1) is 0 Å². The molecule has 102 valence electrons. The Bertz CT molecular complexity index is 364. The Morgan fingerprint density at radius 2 is 1.94 bits per heavy atom. The Balaban J connectivity index is 2.77. The third-order valence-corrected chi connectivity index (χ3v) is 3.78. The number of benzene rings is 1. The summed E-state index contributed by atoms with van der Waals surface area (Å²) < 4.78 is 19.3. The van der Waals surface area contributed by atoms with Gasteiger partial charge in [0.25, 0.3) is 0 Å². The standard InChI is InChI=1S/C13H18Br2FNO/c1-2-10(17)6-9-7-11(14)13(12(15)8-9)18-5-3-4-16/h7-8,10H,2-6,17H2,1H3. The number of hydrogen-bond acceptors (Lipinski definition) is 2. The van der Waals surface area contributed by atoms with Crippen molar-refractivity contribution in [3.05, 3.63) is 26.6 Å². The normalized spacial score (nSPS) is 12.5. The molecule has 0 aliphatic carbocycles. The molecule has 0 radical (unpaired) electrons. The van der Waals surface area contributed by atoms with E-state index in [9.17, 15) is 4.39 Å². The second-order valence-electron chi connectivity index (χ2n) is 4.15. The van der Waals surface area contributed by atoms with Gasteiger partial charge in [-0.25, -0.2) is 0 Å². The number of ether oxygens (including phenoxy) is 1. The summed E-state index contributed by atoms with van der Waals surface area (Å²) in [6, 6.07) is 4.18. The molecule has 0 fully saturated rings. The van der Waals surface area contributed by atoms with Crippen molar-refractivity contribution in [2.75, 3.05) is 13.3 Å². The van der Waals surface area contributed by atoms with Crippen molar-refractivity contribution in [2.24, 2.45) is 5.73 Å². The average molecular weight is 383 g/mol. The molecule has 0 aliphatic rings. The molecule has 1 rings (SSSR count). The van der Waals surface area contributed by atoms with Crippen LogP contribution in [0.3, 0.4) is 0 Å². The molecule has 0 saturated carbocycles. The molecule has 0 spiro atoms. The molecule has 1 aromatic rings. The summed E-state index contributed by atoms with van der Waals surface area (Å²) in [5, 5.41) is 0. The molecular formula is C13H18Br2FNO. The van der Waals surface area contributed by atoms with E-state index in [2.05, 4.69) is 38.8 Å². The first-order chi connectivity index (χ1) is 8.58. The highest BCUT2D eigenvalue weighted by Gasteiger charge is 2.10. The maximum atomic E-state index is 12.0. The van der Waals surface area contributed by atoms with E-state index in [1.165, 1.54) is 0 Å². The van der Waals surface area contributed by atoms with Gasteiger partial charge < -0.3 is 10.5 Å². The van der Waals surface area contributed by atoms with E-state index in [0.29, 0.717) is 13.0 Å². The van der Waals surface area contributed by atoms with Gasteiger partial charge >= 0.3 is 0 Å². The Morgan fingerprint density at radius 3 is 2.44 bits per heavy atom. The van der Waals surface area contributed by atoms with E-state index in [4.69, 9.17) is 10.5 Å². The molecule has 2 N–H and O–H groups in total. The minimum atomic E-state index is -0.362. The van der Waals surface area contributed by atoms with Crippen LogP contribution in [0.1, 0.15) is 25.3 Å². The maximum Gasteiger partial charge on any atom is 0.147 e. The first kappa shape index (κ1) is 15.9. The molecule has 0 aliphatic heterocycles. The number of alkyl halides is 1. The predicted octanol–water partition coefficient (Wildman–Crippen LogP) is 4.23. The van der Waals surface area contributed by atoms with Gasteiger partial charge in [-0.2, -0.15) is 0 Å². The fourth-order valence-electron chi connectivity index (χ4n) is 1.54. The largest absolute Gasteiger partial charge is 0.491 e. The summed E-state index contributed by atoms with van der Waals surface area (Å²) in [7, 11) is 0. The van der Waals surface area contributed by atoms with Crippen LogP contribution in [-0.2, 0) is 6.42 Å². The molecule has 1 unspecified atom stereocenters. The Morgan fingerprint density at radius 1 is 1.33 bits per heavy atom. The quantitative estimate of drug-likeness (QED) is 0.716. The zero-order valence-electron chi connectivity index (χ0n) is 10.4. The Labute approximate surface area is 124 Å². The molecule has 18 heavy (non-hydrogen) atoms. The molecule has 0 bridgehead atoms. The first-order valence-corrected chi connectivity index (χ1v) is 7.59. The fourth-order valence-corrected chi connectivity index (χ4v) is 3.05. The molecule has 1 aromatic carbocycles. The third kappa shape index (κ3) is 4.86. The van der Waals surface area contributed by atoms with Crippen LogP contribution in [-0.4, -0.2) is 19.3 Å². The number of nitrogens with two attached hydrogens (primary N) is 1. The number of halogens is 3. The molecule has 0 saturated heterocycles. The summed E-state index contributed by atoms with van der Waals surface area (Å²) >= 11 is 6.94. The lowest BCUT2D eigenvalue weighted by Gasteiger charge is -2.14. The van der Waals surface area contributed by atoms with Crippen molar-refractivity contribution in [2.45, 2.75) is 32.2 Å². The van der Waals surface area contributed by atoms with Gasteiger partial charge in [0.1, 0.15) is 5.75 Å². The van der Waals surface area contributed by atoms with Crippen molar-refractivity contribution in [1.82, 2.24) is 0 Å². The molecule has 1 atom stereocenters. The zero-order chi connectivity index (χ0) is 13.5. The van der Waals surface area contributed by atoms with Crippen molar-refractivity contribution in [3.63, 3.8) is 0 Å². The summed E-state index contributed by atoms with van der Waals surface area (Å²) in [6.45, 7) is 2.09. The van der Waals surface area contributed by atoms with Crippen molar-refractivity contribution >= 4 is 31.9 Å². The summed E-state index contributed by atoms with van der Waals surface area (Å²) in [5.41, 5.74) is 7.09. The van der Waals surface area contributed by atoms with Crippen molar-refractivity contribution < 1.29 is 9.13 Å². The zero-order valence-corrected chi connectivity index (χ0v) is 13.6. The van der Waals surface area contributed by atoms with Crippen LogP contribution in [0.5, 0.6) is 5.75 Å². The van der Waals surface area contributed by atoms with Crippen LogP contribution in [0.15, 0.2) is 21.1 Å². The fraction of sp³-hybridized carbons (Fsp3) is 0.538. The number of rotatable bonds is 7. The lowest BCUT2D eigenvalue weighted by atomic mass is 10.0. The van der Waals surface area contributed by atoms with Crippen LogP contribution >= 0.6 is 31.9 Å². The molecule has 0 aromatic heterocycles. The maximum absolute atomic E-state index is 12.0. The highest BCUT2D eigenvalue weighted by Crippen LogP contribution is 2.35. The lowest BCUT2D eigenvalue weighted by Crippen LogP contribution is -2.21. The summed E-state index contributed by atoms with van der Waals surface area (Å²) in [5.74, 6) is 0.720. The molecule has 0 heterocycles. The van der Waals surface area contributed by atoms with Crippen molar-refractivity contribution in [3.8, 4) is 5.75 Å². The lowest BCUT2D eigenvalue weighted by molar-refractivity contribution is 0.286. The minimum absolute atomic E-state index is 0.169. The van der Waals surface area contributed by atoms with Crippen molar-refractivity contribution in [1.29, 1.82) is 0 Å². The van der Waals surface area contributed by atoms with Crippen LogP contribution in [0, 0.1) is 0 Å². The van der Waals surface area contributed by atoms with Gasteiger partial charge in [0, 0.05) is 12.5 Å². The van der Waals surface area contributed by atoms with Crippen LogP contribution in [0.4, 0.5) is 4.39 Å². The second kappa shape index (κ2) is 8.12. The SMILES string of the molecule is CCC(N)Cc1cc(Br)c(OCCCF)c(Br)c1. The highest BCUT2D eigenvalue weighted by atomic mass is 79.9. The van der Waals surface area contributed by atoms with Gasteiger partial charge in [-0.3, -0.25) is 4.39 Å². The predicted molar refractivity (Wildman–Crippen MR) is 79.9 cm³/mol. The molecule has 0 amide bonds. The van der Waals surface area contributed by atoms with Gasteiger partial charge in [-0.05, 0) is 62.4 Å². The monoisotopic (exact) mass is 381 g/mol. The molecule has 2 nitrogen and oxygen atoms in total. The molecular weight excluding hydrogens is 365 g/mol. The van der Waals surface area contributed by atoms with E-state index in [1.54, 1.807) is 0 Å². The molecule has 5 heteroatoms. The van der Waals surface area contributed by atoms with Gasteiger partial charge in [0.15, 0.2) is 0 Å². The summed E-state index contributed by atoms with van der Waals surface area (Å²) in [6.07, 6.45) is 2.18. The average Bonchev–Trinajstić information content (AvgIpc) is 2.32. The van der Waals surface area contributed by atoms with E-state index in [0.717, 1.165) is 33.1 Å². The van der Waals surface area contributed by atoms with Crippen LogP contribution in [0.2, 0.25) is 0 Å². The van der Waals surface area contributed by atoms with E-state index >= 15 is 0 Å². The first-order valence-electron chi connectivity index (χ1n) is 6.00. The Hall–Kier alpha value is -0.130. The second-order valence-corrected chi connectivity index (χ2v) is 5.86. The van der Waals surface area contributed by atoms with Gasteiger partial charge in [0.2, 0.25) is 0 Å². The third-order valence-electron chi connectivity index (χ3n) is 2.60. The number of hydrogen-bond donors (Lipinski definition) is 1. The summed E-state index contributed by atoms with van der Waals surface area (Å²) in [4.78, 5) is 0. The Kier molecular flexibility index (Phi) is 7.19. The smallest absolute Gasteiger partial charge is 0.147 e. The highest BCUT2D eigenvalue weighted by molar-refractivity contribution is 9.11. The van der Waals surface area contributed by atoms with Gasteiger partial charge in [-0.1, -0.05) is 6.92 Å². The van der Waals surface area contributed by atoms with E-state index in [-0.39, 0.29) is 12.7 Å². The van der Waals surface area contributed by atoms with Crippen LogP contribution < -0.4 is 10.5 Å². The van der Waals surface area contributed by atoms with E-state index < -0.39 is 0 Å². The topological polar surface area (TPSA) is 35.2 Å². The minimum Gasteiger partial charge on any atom is -0.491 e. The van der Waals surface area contributed by atoms with E-state index in [1.807, 2.05) is 12.1 Å².